The number of aliphatic imine (C=N–C) groups is 1. The van der Waals surface area contributed by atoms with Gasteiger partial charge in [-0.15, -0.1) is 6.42 Å². The second-order valence-electron chi connectivity index (χ2n) is 3.64. The Hall–Kier alpha value is -2.08. The van der Waals surface area contributed by atoms with E-state index in [-0.39, 0.29) is 0 Å². The number of nitrogens with two attached hydrogens (primary N) is 1. The number of nitrogens with zero attached hydrogens (tertiary/aromatic N) is 2. The fraction of sp³-hybridized carbons (Fsp3) is 0.231. The molecule has 1 heterocycles. The van der Waals surface area contributed by atoms with Gasteiger partial charge in [0.15, 0.2) is 5.82 Å². The molecule has 1 aromatic heterocycles. The quantitative estimate of drug-likeness (QED) is 0.476. The van der Waals surface area contributed by atoms with Gasteiger partial charge in [-0.05, 0) is 29.7 Å². The van der Waals surface area contributed by atoms with E-state index < -0.39 is 0 Å². The van der Waals surface area contributed by atoms with E-state index in [0.717, 1.165) is 0 Å². The second kappa shape index (κ2) is 5.72. The second-order valence-corrected chi connectivity index (χ2v) is 3.64. The van der Waals surface area contributed by atoms with Crippen LogP contribution in [0, 0.1) is 12.3 Å². The third-order valence-electron chi connectivity index (χ3n) is 2.03. The molecule has 0 saturated carbocycles. The summed E-state index contributed by atoms with van der Waals surface area (Å²) >= 11 is 0. The molecule has 0 aromatic carbocycles. The molecule has 82 valence electrons. The van der Waals surface area contributed by atoms with Gasteiger partial charge < -0.3 is 5.73 Å². The van der Waals surface area contributed by atoms with Gasteiger partial charge in [0.05, 0.1) is 0 Å². The van der Waals surface area contributed by atoms with Crippen LogP contribution in [0.25, 0.3) is 0 Å². The first kappa shape index (κ1) is 12.0. The lowest BCUT2D eigenvalue weighted by molar-refractivity contribution is 0.858. The van der Waals surface area contributed by atoms with Crippen LogP contribution in [-0.4, -0.2) is 10.8 Å². The van der Waals surface area contributed by atoms with Gasteiger partial charge in [-0.25, -0.2) is 9.98 Å². The molecule has 0 radical (unpaired) electrons. The van der Waals surface area contributed by atoms with E-state index in [1.54, 1.807) is 6.08 Å². The maximum Gasteiger partial charge on any atom is 0.154 e. The summed E-state index contributed by atoms with van der Waals surface area (Å²) in [6, 6.07) is 3.83. The Kier molecular flexibility index (Phi) is 4.28. The summed E-state index contributed by atoms with van der Waals surface area (Å²) in [5, 5.41) is 0. The Labute approximate surface area is 96.1 Å². The molecule has 1 aromatic rings. The predicted octanol–water partition coefficient (Wildman–Crippen LogP) is 2.38. The molecule has 0 fully saturated rings. The molecule has 0 aliphatic heterocycles. The number of rotatable bonds is 3. The lowest BCUT2D eigenvalue weighted by atomic mass is 10.1. The van der Waals surface area contributed by atoms with E-state index in [9.17, 15) is 0 Å². The largest absolute Gasteiger partial charge is 0.384 e. The number of terminal acetylenes is 1. The molecule has 0 atom stereocenters. The lowest BCUT2D eigenvalue weighted by Gasteiger charge is -2.03. The molecule has 0 bridgehead atoms. The first-order valence-electron chi connectivity index (χ1n) is 5.06. The van der Waals surface area contributed by atoms with Crippen molar-refractivity contribution in [1.82, 2.24) is 4.98 Å². The van der Waals surface area contributed by atoms with E-state index in [1.165, 1.54) is 11.6 Å². The number of aromatic nitrogens is 1. The summed E-state index contributed by atoms with van der Waals surface area (Å²) in [6.07, 6.45) is 9.94. The number of allylic oxidation sites excluding steroid dienone is 1. The van der Waals surface area contributed by atoms with Crippen LogP contribution >= 0.6 is 0 Å². The SMILES string of the molecule is C#C/C=C\C(N)=Nc1ccc(C(C)C)cn1. The molecule has 0 spiro atoms. The smallest absolute Gasteiger partial charge is 0.154 e. The summed E-state index contributed by atoms with van der Waals surface area (Å²) < 4.78 is 0. The van der Waals surface area contributed by atoms with Gasteiger partial charge >= 0.3 is 0 Å². The van der Waals surface area contributed by atoms with Crippen LogP contribution < -0.4 is 5.73 Å². The topological polar surface area (TPSA) is 51.3 Å². The first-order valence-corrected chi connectivity index (χ1v) is 5.06. The molecule has 1 rings (SSSR count). The van der Waals surface area contributed by atoms with E-state index in [2.05, 4.69) is 29.7 Å². The van der Waals surface area contributed by atoms with Crippen LogP contribution in [0.4, 0.5) is 5.82 Å². The third kappa shape index (κ3) is 3.58. The van der Waals surface area contributed by atoms with Crippen LogP contribution in [0.5, 0.6) is 0 Å². The highest BCUT2D eigenvalue weighted by Gasteiger charge is 1.99. The summed E-state index contributed by atoms with van der Waals surface area (Å²) in [4.78, 5) is 8.29. The van der Waals surface area contributed by atoms with Crippen molar-refractivity contribution < 1.29 is 0 Å². The van der Waals surface area contributed by atoms with Crippen LogP contribution in [-0.2, 0) is 0 Å². The number of hydrogen-bond acceptors (Lipinski definition) is 2. The third-order valence-corrected chi connectivity index (χ3v) is 2.03. The van der Waals surface area contributed by atoms with Gasteiger partial charge in [0.25, 0.3) is 0 Å². The first-order chi connectivity index (χ1) is 7.63. The van der Waals surface area contributed by atoms with Crippen molar-refractivity contribution in [2.45, 2.75) is 19.8 Å². The maximum atomic E-state index is 5.62. The van der Waals surface area contributed by atoms with Crippen molar-refractivity contribution in [2.75, 3.05) is 0 Å². The highest BCUT2D eigenvalue weighted by atomic mass is 14.9. The van der Waals surface area contributed by atoms with Gasteiger partial charge in [0.2, 0.25) is 0 Å². The Morgan fingerprint density at radius 3 is 2.81 bits per heavy atom. The predicted molar refractivity (Wildman–Crippen MR) is 67.6 cm³/mol. The van der Waals surface area contributed by atoms with Crippen molar-refractivity contribution in [2.24, 2.45) is 10.7 Å². The summed E-state index contributed by atoms with van der Waals surface area (Å²) in [6.45, 7) is 4.23. The summed E-state index contributed by atoms with van der Waals surface area (Å²) in [5.74, 6) is 3.75. The van der Waals surface area contributed by atoms with Gasteiger partial charge in [-0.3, -0.25) is 0 Å². The van der Waals surface area contributed by atoms with E-state index >= 15 is 0 Å². The average Bonchev–Trinajstić information content (AvgIpc) is 2.27. The molecular weight excluding hydrogens is 198 g/mol. The number of hydrogen-bond donors (Lipinski definition) is 1. The van der Waals surface area contributed by atoms with Crippen molar-refractivity contribution in [3.63, 3.8) is 0 Å². The lowest BCUT2D eigenvalue weighted by Crippen LogP contribution is -2.06. The Morgan fingerprint density at radius 1 is 1.56 bits per heavy atom. The molecule has 0 saturated heterocycles. The fourth-order valence-electron chi connectivity index (χ4n) is 1.11. The highest BCUT2D eigenvalue weighted by molar-refractivity contribution is 5.93. The highest BCUT2D eigenvalue weighted by Crippen LogP contribution is 2.15. The average molecular weight is 213 g/mol. The van der Waals surface area contributed by atoms with Gasteiger partial charge in [-0.1, -0.05) is 25.8 Å². The molecule has 3 heteroatoms. The Balaban J connectivity index is 2.83. The van der Waals surface area contributed by atoms with Crippen LogP contribution in [0.3, 0.4) is 0 Å². The van der Waals surface area contributed by atoms with Crippen molar-refractivity contribution in [1.29, 1.82) is 0 Å². The van der Waals surface area contributed by atoms with Gasteiger partial charge in [0.1, 0.15) is 5.84 Å². The molecule has 3 nitrogen and oxygen atoms in total. The monoisotopic (exact) mass is 213 g/mol. The maximum absolute atomic E-state index is 5.62. The zero-order valence-electron chi connectivity index (χ0n) is 9.51. The normalized spacial score (nSPS) is 12.0. The molecule has 2 N–H and O–H groups in total. The van der Waals surface area contributed by atoms with Crippen molar-refractivity contribution >= 4 is 11.7 Å². The minimum atomic E-state index is 0.350. The van der Waals surface area contributed by atoms with Gasteiger partial charge in [-0.2, -0.15) is 0 Å². The molecule has 0 aliphatic carbocycles. The van der Waals surface area contributed by atoms with E-state index in [4.69, 9.17) is 12.2 Å². The number of pyridine rings is 1. The van der Waals surface area contributed by atoms with Crippen molar-refractivity contribution in [3.05, 3.63) is 36.0 Å². The van der Waals surface area contributed by atoms with Gasteiger partial charge in [0, 0.05) is 6.20 Å². The Morgan fingerprint density at radius 2 is 2.31 bits per heavy atom. The molecule has 16 heavy (non-hydrogen) atoms. The Bertz CT molecular complexity index is 433. The fourth-order valence-corrected chi connectivity index (χ4v) is 1.11. The zero-order chi connectivity index (χ0) is 12.0. The summed E-state index contributed by atoms with van der Waals surface area (Å²) in [7, 11) is 0. The summed E-state index contributed by atoms with van der Waals surface area (Å²) in [5.41, 5.74) is 6.79. The number of amidine groups is 1. The minimum Gasteiger partial charge on any atom is -0.384 e. The van der Waals surface area contributed by atoms with Crippen LogP contribution in [0.2, 0.25) is 0 Å². The van der Waals surface area contributed by atoms with E-state index in [0.29, 0.717) is 17.6 Å². The van der Waals surface area contributed by atoms with E-state index in [1.807, 2.05) is 18.3 Å². The van der Waals surface area contributed by atoms with Crippen molar-refractivity contribution in [3.8, 4) is 12.3 Å². The van der Waals surface area contributed by atoms with Crippen LogP contribution in [0.1, 0.15) is 25.3 Å². The molecule has 0 aliphatic rings. The molecule has 0 unspecified atom stereocenters. The molecular formula is C13H15N3. The standard InChI is InChI=1S/C13H15N3/c1-4-5-6-12(14)16-13-8-7-11(9-15-13)10(2)3/h1,5-10H,2-3H3,(H2,14,15,16)/b6-5-. The zero-order valence-corrected chi connectivity index (χ0v) is 9.51. The minimum absolute atomic E-state index is 0.350. The molecule has 0 amide bonds. The van der Waals surface area contributed by atoms with Crippen LogP contribution in [0.15, 0.2) is 35.5 Å².